The molecule has 0 aliphatic rings. The third kappa shape index (κ3) is 6.13. The van der Waals surface area contributed by atoms with Crippen molar-refractivity contribution >= 4 is 40.7 Å². The normalized spacial score (nSPS) is 10.4. The minimum atomic E-state index is -0.415. The molecule has 0 aliphatic carbocycles. The number of nitrogens with zero attached hydrogens (tertiary/aromatic N) is 1. The molecule has 0 radical (unpaired) electrons. The molecule has 3 amide bonds. The summed E-state index contributed by atoms with van der Waals surface area (Å²) < 4.78 is 5.03. The number of nitrogens with one attached hydrogen (secondary N) is 2. The van der Waals surface area contributed by atoms with Crippen LogP contribution in [0.5, 0.6) is 0 Å². The first-order valence-corrected chi connectivity index (χ1v) is 9.54. The molecule has 0 atom stereocenters. The van der Waals surface area contributed by atoms with E-state index < -0.39 is 5.91 Å². The zero-order valence-electron chi connectivity index (χ0n) is 16.0. The average molecular weight is 406 g/mol. The van der Waals surface area contributed by atoms with Gasteiger partial charge < -0.3 is 20.0 Å². The molecule has 2 aromatic rings. The second kappa shape index (κ2) is 10.5. The van der Waals surface area contributed by atoms with E-state index in [4.69, 9.17) is 16.0 Å². The molecule has 0 fully saturated rings. The largest absolute Gasteiger partial charge is 0.459 e. The van der Waals surface area contributed by atoms with Crippen LogP contribution in [0.1, 0.15) is 43.7 Å². The van der Waals surface area contributed by atoms with Crippen LogP contribution in [0, 0.1) is 0 Å². The molecular weight excluding hydrogens is 382 g/mol. The fourth-order valence-electron chi connectivity index (χ4n) is 2.64. The van der Waals surface area contributed by atoms with Crippen molar-refractivity contribution in [2.45, 2.75) is 33.1 Å². The van der Waals surface area contributed by atoms with E-state index in [1.165, 1.54) is 6.26 Å². The van der Waals surface area contributed by atoms with Gasteiger partial charge in [-0.1, -0.05) is 11.6 Å². The first kappa shape index (κ1) is 21.5. The van der Waals surface area contributed by atoms with Gasteiger partial charge in [0, 0.05) is 31.6 Å². The SMILES string of the molecule is CCN(CC)C(=O)CCCC(=O)Nc1ccc(NC(=O)c2ccco2)c(Cl)c1. The fourth-order valence-corrected chi connectivity index (χ4v) is 2.87. The number of carbonyl (C=O) groups is 3. The van der Waals surface area contributed by atoms with Gasteiger partial charge in [-0.2, -0.15) is 0 Å². The van der Waals surface area contributed by atoms with Gasteiger partial charge in [0.1, 0.15) is 0 Å². The predicted molar refractivity (Wildman–Crippen MR) is 109 cm³/mol. The molecular formula is C20H24ClN3O4. The van der Waals surface area contributed by atoms with Gasteiger partial charge in [-0.25, -0.2) is 0 Å². The van der Waals surface area contributed by atoms with Gasteiger partial charge in [-0.05, 0) is 50.6 Å². The van der Waals surface area contributed by atoms with E-state index in [1.54, 1.807) is 35.2 Å². The highest BCUT2D eigenvalue weighted by molar-refractivity contribution is 6.34. The standard InChI is InChI=1S/C20H24ClN3O4/c1-3-24(4-2)19(26)9-5-8-18(25)22-14-10-11-16(15(21)13-14)23-20(27)17-7-6-12-28-17/h6-7,10-13H,3-5,8-9H2,1-2H3,(H,22,25)(H,23,27). The Labute approximate surface area is 169 Å². The van der Waals surface area contributed by atoms with Crippen molar-refractivity contribution in [3.63, 3.8) is 0 Å². The van der Waals surface area contributed by atoms with Crippen molar-refractivity contribution in [3.05, 3.63) is 47.4 Å². The monoisotopic (exact) mass is 405 g/mol. The van der Waals surface area contributed by atoms with E-state index in [9.17, 15) is 14.4 Å². The van der Waals surface area contributed by atoms with Crippen LogP contribution in [0.3, 0.4) is 0 Å². The summed E-state index contributed by atoms with van der Waals surface area (Å²) in [6.45, 7) is 5.20. The molecule has 8 heteroatoms. The smallest absolute Gasteiger partial charge is 0.291 e. The summed E-state index contributed by atoms with van der Waals surface area (Å²) in [6, 6.07) is 7.96. The number of amides is 3. The third-order valence-electron chi connectivity index (χ3n) is 4.16. The zero-order chi connectivity index (χ0) is 20.5. The van der Waals surface area contributed by atoms with Crippen LogP contribution in [0.25, 0.3) is 0 Å². The van der Waals surface area contributed by atoms with Crippen LogP contribution in [-0.2, 0) is 9.59 Å². The molecule has 1 heterocycles. The first-order chi connectivity index (χ1) is 13.4. The molecule has 0 bridgehead atoms. The molecule has 2 rings (SSSR count). The Morgan fingerprint density at radius 2 is 1.82 bits per heavy atom. The summed E-state index contributed by atoms with van der Waals surface area (Å²) >= 11 is 6.18. The highest BCUT2D eigenvalue weighted by atomic mass is 35.5. The summed E-state index contributed by atoms with van der Waals surface area (Å²) in [6.07, 6.45) is 2.46. The maximum atomic E-state index is 12.1. The van der Waals surface area contributed by atoms with Gasteiger partial charge in [0.2, 0.25) is 11.8 Å². The van der Waals surface area contributed by atoms with Crippen molar-refractivity contribution in [1.82, 2.24) is 4.90 Å². The third-order valence-corrected chi connectivity index (χ3v) is 4.47. The average Bonchev–Trinajstić information content (AvgIpc) is 3.20. The van der Waals surface area contributed by atoms with Crippen molar-refractivity contribution in [1.29, 1.82) is 0 Å². The first-order valence-electron chi connectivity index (χ1n) is 9.16. The quantitative estimate of drug-likeness (QED) is 0.655. The molecule has 150 valence electrons. The van der Waals surface area contributed by atoms with Crippen LogP contribution in [0.2, 0.25) is 5.02 Å². The topological polar surface area (TPSA) is 91.7 Å². The summed E-state index contributed by atoms with van der Waals surface area (Å²) in [5.74, 6) is -0.387. The Morgan fingerprint density at radius 3 is 2.43 bits per heavy atom. The van der Waals surface area contributed by atoms with Gasteiger partial charge in [0.15, 0.2) is 5.76 Å². The van der Waals surface area contributed by atoms with Crippen LogP contribution in [0.4, 0.5) is 11.4 Å². The van der Waals surface area contributed by atoms with Crippen LogP contribution >= 0.6 is 11.6 Å². The molecule has 0 aliphatic heterocycles. The highest BCUT2D eigenvalue weighted by Gasteiger charge is 2.13. The van der Waals surface area contributed by atoms with E-state index in [0.717, 1.165) is 0 Å². The van der Waals surface area contributed by atoms with Gasteiger partial charge >= 0.3 is 0 Å². The number of furan rings is 1. The van der Waals surface area contributed by atoms with E-state index in [0.29, 0.717) is 37.3 Å². The molecule has 2 N–H and O–H groups in total. The van der Waals surface area contributed by atoms with E-state index >= 15 is 0 Å². The number of halogens is 1. The summed E-state index contributed by atoms with van der Waals surface area (Å²) in [5, 5.41) is 5.67. The molecule has 1 aromatic heterocycles. The molecule has 0 unspecified atom stereocenters. The highest BCUT2D eigenvalue weighted by Crippen LogP contribution is 2.26. The zero-order valence-corrected chi connectivity index (χ0v) is 16.7. The van der Waals surface area contributed by atoms with Gasteiger partial charge in [0.05, 0.1) is 17.0 Å². The van der Waals surface area contributed by atoms with Crippen molar-refractivity contribution < 1.29 is 18.8 Å². The second-order valence-corrected chi connectivity index (χ2v) is 6.50. The number of benzene rings is 1. The van der Waals surface area contributed by atoms with Crippen LogP contribution in [-0.4, -0.2) is 35.7 Å². The maximum absolute atomic E-state index is 12.1. The van der Waals surface area contributed by atoms with E-state index in [1.807, 2.05) is 13.8 Å². The van der Waals surface area contributed by atoms with E-state index in [2.05, 4.69) is 10.6 Å². The van der Waals surface area contributed by atoms with E-state index in [-0.39, 0.29) is 29.0 Å². The Hall–Kier alpha value is -2.80. The molecule has 0 saturated carbocycles. The molecule has 1 aromatic carbocycles. The van der Waals surface area contributed by atoms with Crippen LogP contribution in [0.15, 0.2) is 41.0 Å². The Balaban J connectivity index is 1.84. The molecule has 0 spiro atoms. The molecule has 7 nitrogen and oxygen atoms in total. The Kier molecular flexibility index (Phi) is 8.07. The Bertz CT molecular complexity index is 817. The lowest BCUT2D eigenvalue weighted by Crippen LogP contribution is -2.30. The van der Waals surface area contributed by atoms with Gasteiger partial charge in [-0.15, -0.1) is 0 Å². The lowest BCUT2D eigenvalue weighted by atomic mass is 10.2. The number of hydrogen-bond acceptors (Lipinski definition) is 4. The number of carbonyl (C=O) groups excluding carboxylic acids is 3. The summed E-state index contributed by atoms with van der Waals surface area (Å²) in [7, 11) is 0. The number of hydrogen-bond donors (Lipinski definition) is 2. The van der Waals surface area contributed by atoms with Crippen molar-refractivity contribution in [2.24, 2.45) is 0 Å². The lowest BCUT2D eigenvalue weighted by molar-refractivity contribution is -0.131. The summed E-state index contributed by atoms with van der Waals surface area (Å²) in [5.41, 5.74) is 0.923. The fraction of sp³-hybridized carbons (Fsp3) is 0.350. The summed E-state index contributed by atoms with van der Waals surface area (Å²) in [4.78, 5) is 37.7. The van der Waals surface area contributed by atoms with Gasteiger partial charge in [0.25, 0.3) is 5.91 Å². The molecule has 28 heavy (non-hydrogen) atoms. The maximum Gasteiger partial charge on any atom is 0.291 e. The van der Waals surface area contributed by atoms with Crippen LogP contribution < -0.4 is 10.6 Å². The Morgan fingerprint density at radius 1 is 1.07 bits per heavy atom. The minimum absolute atomic E-state index is 0.0532. The minimum Gasteiger partial charge on any atom is -0.459 e. The number of rotatable bonds is 9. The van der Waals surface area contributed by atoms with Crippen molar-refractivity contribution in [3.8, 4) is 0 Å². The van der Waals surface area contributed by atoms with Gasteiger partial charge in [-0.3, -0.25) is 14.4 Å². The molecule has 0 saturated heterocycles. The number of anilines is 2. The lowest BCUT2D eigenvalue weighted by Gasteiger charge is -2.18. The second-order valence-electron chi connectivity index (χ2n) is 6.09. The van der Waals surface area contributed by atoms with Crippen molar-refractivity contribution in [2.75, 3.05) is 23.7 Å². The predicted octanol–water partition coefficient (Wildman–Crippen LogP) is 4.16.